The van der Waals surface area contributed by atoms with Gasteiger partial charge in [-0.25, -0.2) is 0 Å². The maximum atomic E-state index is 11.9. The number of aromatic nitrogens is 2. The maximum Gasteiger partial charge on any atom is 0.0912 e. The monoisotopic (exact) mass is 197 g/mol. The third-order valence-electron chi connectivity index (χ3n) is 2.38. The predicted molar refractivity (Wildman–Crippen MR) is 52.7 cm³/mol. The van der Waals surface area contributed by atoms with E-state index in [1.807, 2.05) is 17.1 Å². The summed E-state index contributed by atoms with van der Waals surface area (Å²) >= 11 is 0. The van der Waals surface area contributed by atoms with Gasteiger partial charge in [0.05, 0.1) is 12.9 Å². The molecule has 1 saturated carbocycles. The fourth-order valence-electron chi connectivity index (χ4n) is 1.39. The van der Waals surface area contributed by atoms with Crippen LogP contribution in [0.4, 0.5) is 4.39 Å². The molecule has 1 heterocycles. The minimum Gasteiger partial charge on any atom is -0.310 e. The SMILES string of the molecule is FCCCn1cc(CNC2CC2)cn1. The summed E-state index contributed by atoms with van der Waals surface area (Å²) in [5, 5.41) is 7.58. The fraction of sp³-hybridized carbons (Fsp3) is 0.700. The lowest BCUT2D eigenvalue weighted by Gasteiger charge is -1.98. The maximum absolute atomic E-state index is 11.9. The van der Waals surface area contributed by atoms with Crippen molar-refractivity contribution in [3.8, 4) is 0 Å². The number of halogens is 1. The average Bonchev–Trinajstić information content (AvgIpc) is 2.92. The van der Waals surface area contributed by atoms with Crippen LogP contribution in [0.25, 0.3) is 0 Å². The molecule has 0 unspecified atom stereocenters. The van der Waals surface area contributed by atoms with Crippen molar-refractivity contribution in [3.05, 3.63) is 18.0 Å². The summed E-state index contributed by atoms with van der Waals surface area (Å²) in [4.78, 5) is 0. The van der Waals surface area contributed by atoms with Crippen LogP contribution < -0.4 is 5.32 Å². The lowest BCUT2D eigenvalue weighted by molar-refractivity contribution is 0.434. The predicted octanol–water partition coefficient (Wildman–Crippen LogP) is 1.49. The molecule has 1 aromatic rings. The van der Waals surface area contributed by atoms with E-state index in [0.717, 1.165) is 12.6 Å². The standard InChI is InChI=1S/C10H16FN3/c11-4-1-5-14-8-9(7-13-14)6-12-10-2-3-10/h7-8,10,12H,1-6H2. The second-order valence-corrected chi connectivity index (χ2v) is 3.81. The van der Waals surface area contributed by atoms with Gasteiger partial charge in [0, 0.05) is 30.9 Å². The molecule has 14 heavy (non-hydrogen) atoms. The molecule has 0 saturated heterocycles. The van der Waals surface area contributed by atoms with E-state index < -0.39 is 0 Å². The van der Waals surface area contributed by atoms with E-state index in [0.29, 0.717) is 13.0 Å². The normalized spacial score (nSPS) is 16.1. The first-order chi connectivity index (χ1) is 6.88. The van der Waals surface area contributed by atoms with Crippen molar-refractivity contribution in [2.45, 2.75) is 38.4 Å². The van der Waals surface area contributed by atoms with E-state index in [1.165, 1.54) is 18.4 Å². The van der Waals surface area contributed by atoms with Gasteiger partial charge in [0.25, 0.3) is 0 Å². The van der Waals surface area contributed by atoms with Gasteiger partial charge in [0.1, 0.15) is 0 Å². The van der Waals surface area contributed by atoms with E-state index in [-0.39, 0.29) is 6.67 Å². The molecular formula is C10H16FN3. The van der Waals surface area contributed by atoms with Gasteiger partial charge in [-0.3, -0.25) is 9.07 Å². The smallest absolute Gasteiger partial charge is 0.0912 e. The Morgan fingerprint density at radius 3 is 3.14 bits per heavy atom. The number of nitrogens with one attached hydrogen (secondary N) is 1. The Bertz CT molecular complexity index is 281. The Balaban J connectivity index is 1.76. The molecule has 0 bridgehead atoms. The molecule has 4 heteroatoms. The Labute approximate surface area is 83.3 Å². The van der Waals surface area contributed by atoms with Crippen molar-refractivity contribution in [1.29, 1.82) is 0 Å². The van der Waals surface area contributed by atoms with Crippen LogP contribution in [0, 0.1) is 0 Å². The third-order valence-corrected chi connectivity index (χ3v) is 2.38. The van der Waals surface area contributed by atoms with Gasteiger partial charge in [0.15, 0.2) is 0 Å². The number of rotatable bonds is 6. The second kappa shape index (κ2) is 4.55. The number of alkyl halides is 1. The summed E-state index contributed by atoms with van der Waals surface area (Å²) in [6.07, 6.45) is 7.00. The minimum absolute atomic E-state index is 0.268. The first-order valence-electron chi connectivity index (χ1n) is 5.19. The topological polar surface area (TPSA) is 29.9 Å². The number of nitrogens with zero attached hydrogens (tertiary/aromatic N) is 2. The Morgan fingerprint density at radius 1 is 1.57 bits per heavy atom. The lowest BCUT2D eigenvalue weighted by atomic mass is 10.3. The summed E-state index contributed by atoms with van der Waals surface area (Å²) in [5.41, 5.74) is 1.19. The molecule has 78 valence electrons. The van der Waals surface area contributed by atoms with Crippen molar-refractivity contribution in [2.75, 3.05) is 6.67 Å². The van der Waals surface area contributed by atoms with E-state index >= 15 is 0 Å². The highest BCUT2D eigenvalue weighted by atomic mass is 19.1. The average molecular weight is 197 g/mol. The summed E-state index contributed by atoms with van der Waals surface area (Å²) in [6, 6.07) is 0.726. The van der Waals surface area contributed by atoms with Crippen LogP contribution in [0.15, 0.2) is 12.4 Å². The van der Waals surface area contributed by atoms with Gasteiger partial charge in [-0.15, -0.1) is 0 Å². The molecule has 1 fully saturated rings. The molecular weight excluding hydrogens is 181 g/mol. The highest BCUT2D eigenvalue weighted by Crippen LogP contribution is 2.19. The van der Waals surface area contributed by atoms with Crippen molar-refractivity contribution in [1.82, 2.24) is 15.1 Å². The van der Waals surface area contributed by atoms with Crippen LogP contribution in [0.2, 0.25) is 0 Å². The van der Waals surface area contributed by atoms with Gasteiger partial charge in [-0.2, -0.15) is 5.10 Å². The molecule has 0 aliphatic heterocycles. The molecule has 1 N–H and O–H groups in total. The highest BCUT2D eigenvalue weighted by molar-refractivity contribution is 5.04. The zero-order valence-corrected chi connectivity index (χ0v) is 8.25. The number of hydrogen-bond donors (Lipinski definition) is 1. The zero-order chi connectivity index (χ0) is 9.80. The van der Waals surface area contributed by atoms with Crippen molar-refractivity contribution in [2.24, 2.45) is 0 Å². The molecule has 0 atom stereocenters. The molecule has 0 amide bonds. The number of hydrogen-bond acceptors (Lipinski definition) is 2. The molecule has 1 aliphatic rings. The van der Waals surface area contributed by atoms with Gasteiger partial charge in [-0.1, -0.05) is 0 Å². The van der Waals surface area contributed by atoms with Crippen molar-refractivity contribution >= 4 is 0 Å². The Morgan fingerprint density at radius 2 is 2.43 bits per heavy atom. The summed E-state index contributed by atoms with van der Waals surface area (Å²) < 4.78 is 13.7. The van der Waals surface area contributed by atoms with Crippen LogP contribution in [-0.4, -0.2) is 22.5 Å². The van der Waals surface area contributed by atoms with Gasteiger partial charge in [0.2, 0.25) is 0 Å². The summed E-state index contributed by atoms with van der Waals surface area (Å²) in [7, 11) is 0. The molecule has 0 spiro atoms. The van der Waals surface area contributed by atoms with Crippen molar-refractivity contribution < 1.29 is 4.39 Å². The van der Waals surface area contributed by atoms with Crippen LogP contribution in [0.5, 0.6) is 0 Å². The molecule has 2 rings (SSSR count). The zero-order valence-electron chi connectivity index (χ0n) is 8.25. The van der Waals surface area contributed by atoms with Crippen LogP contribution in [0.3, 0.4) is 0 Å². The summed E-state index contributed by atoms with van der Waals surface area (Å²) in [5.74, 6) is 0. The fourth-order valence-corrected chi connectivity index (χ4v) is 1.39. The first-order valence-corrected chi connectivity index (χ1v) is 5.19. The van der Waals surface area contributed by atoms with E-state index in [4.69, 9.17) is 0 Å². The first kappa shape index (κ1) is 9.65. The molecule has 1 aromatic heterocycles. The number of aryl methyl sites for hydroxylation is 1. The molecule has 0 radical (unpaired) electrons. The van der Waals surface area contributed by atoms with Crippen LogP contribution in [0.1, 0.15) is 24.8 Å². The highest BCUT2D eigenvalue weighted by Gasteiger charge is 2.19. The van der Waals surface area contributed by atoms with E-state index in [9.17, 15) is 4.39 Å². The van der Waals surface area contributed by atoms with Crippen LogP contribution in [-0.2, 0) is 13.1 Å². The largest absolute Gasteiger partial charge is 0.310 e. The summed E-state index contributed by atoms with van der Waals surface area (Å²) in [6.45, 7) is 1.30. The van der Waals surface area contributed by atoms with Gasteiger partial charge >= 0.3 is 0 Å². The minimum atomic E-state index is -0.268. The van der Waals surface area contributed by atoms with Crippen molar-refractivity contribution in [3.63, 3.8) is 0 Å². The Hall–Kier alpha value is -0.900. The van der Waals surface area contributed by atoms with Crippen LogP contribution >= 0.6 is 0 Å². The second-order valence-electron chi connectivity index (χ2n) is 3.81. The molecule has 0 aromatic carbocycles. The van der Waals surface area contributed by atoms with Gasteiger partial charge in [-0.05, 0) is 19.3 Å². The van der Waals surface area contributed by atoms with Gasteiger partial charge < -0.3 is 5.32 Å². The van der Waals surface area contributed by atoms with E-state index in [1.54, 1.807) is 0 Å². The Kier molecular flexibility index (Phi) is 3.14. The lowest BCUT2D eigenvalue weighted by Crippen LogP contribution is -2.14. The molecule has 1 aliphatic carbocycles. The molecule has 3 nitrogen and oxygen atoms in total. The third kappa shape index (κ3) is 2.80. The quantitative estimate of drug-likeness (QED) is 0.749. The van der Waals surface area contributed by atoms with E-state index in [2.05, 4.69) is 10.4 Å².